The smallest absolute Gasteiger partial charge is 0.271 e. The second-order valence-corrected chi connectivity index (χ2v) is 9.85. The number of rotatable bonds is 4. The Morgan fingerprint density at radius 2 is 2.03 bits per heavy atom. The lowest BCUT2D eigenvalue weighted by Gasteiger charge is -2.44. The highest BCUT2D eigenvalue weighted by Gasteiger charge is 2.48. The molecular formula is C23H24ClN3O2S. The Morgan fingerprint density at radius 1 is 1.27 bits per heavy atom. The van der Waals surface area contributed by atoms with Crippen molar-refractivity contribution in [1.29, 1.82) is 0 Å². The van der Waals surface area contributed by atoms with Gasteiger partial charge in [-0.3, -0.25) is 9.59 Å². The third-order valence-corrected chi connectivity index (χ3v) is 7.74. The summed E-state index contributed by atoms with van der Waals surface area (Å²) in [7, 11) is 0. The van der Waals surface area contributed by atoms with Gasteiger partial charge in [0, 0.05) is 17.6 Å². The summed E-state index contributed by atoms with van der Waals surface area (Å²) >= 11 is 8.02. The van der Waals surface area contributed by atoms with Crippen LogP contribution in [-0.4, -0.2) is 32.9 Å². The molecule has 0 saturated heterocycles. The fourth-order valence-electron chi connectivity index (χ4n) is 4.73. The molecule has 1 atom stereocenters. The number of fused-ring (bicyclic) bond motifs is 3. The molecule has 0 spiro atoms. The Morgan fingerprint density at radius 3 is 2.80 bits per heavy atom. The summed E-state index contributed by atoms with van der Waals surface area (Å²) in [6.45, 7) is 2.61. The van der Waals surface area contributed by atoms with Crippen LogP contribution in [-0.2, 0) is 17.9 Å². The quantitative estimate of drug-likeness (QED) is 0.630. The van der Waals surface area contributed by atoms with E-state index in [9.17, 15) is 9.59 Å². The van der Waals surface area contributed by atoms with Crippen LogP contribution >= 0.6 is 22.9 Å². The number of thiophene rings is 1. The van der Waals surface area contributed by atoms with Crippen molar-refractivity contribution in [3.05, 3.63) is 58.1 Å². The highest BCUT2D eigenvalue weighted by atomic mass is 35.5. The van der Waals surface area contributed by atoms with Gasteiger partial charge in [0.2, 0.25) is 5.91 Å². The fourth-order valence-corrected chi connectivity index (χ4v) is 5.75. The average Bonchev–Trinajstić information content (AvgIpc) is 3.45. The van der Waals surface area contributed by atoms with E-state index in [0.717, 1.165) is 41.5 Å². The first-order chi connectivity index (χ1) is 14.5. The number of benzene rings is 1. The molecule has 5 rings (SSSR count). The summed E-state index contributed by atoms with van der Waals surface area (Å²) in [5.41, 5.74) is 1.49. The molecule has 7 heteroatoms. The van der Waals surface area contributed by atoms with Gasteiger partial charge in [0.15, 0.2) is 0 Å². The predicted molar refractivity (Wildman–Crippen MR) is 120 cm³/mol. The van der Waals surface area contributed by atoms with Crippen molar-refractivity contribution >= 4 is 45.0 Å². The van der Waals surface area contributed by atoms with Crippen molar-refractivity contribution in [2.24, 2.45) is 0 Å². The van der Waals surface area contributed by atoms with Gasteiger partial charge in [-0.15, -0.1) is 11.3 Å². The summed E-state index contributed by atoms with van der Waals surface area (Å²) < 4.78 is 3.07. The minimum atomic E-state index is -1.00. The summed E-state index contributed by atoms with van der Waals surface area (Å²) in [4.78, 5) is 28.9. The lowest BCUT2D eigenvalue weighted by molar-refractivity contribution is -0.133. The largest absolute Gasteiger partial charge is 0.351 e. The van der Waals surface area contributed by atoms with Crippen molar-refractivity contribution in [3.8, 4) is 0 Å². The fraction of sp³-hybridized carbons (Fsp3) is 0.391. The number of carbonyl (C=O) groups excluding carboxylic acids is 2. The van der Waals surface area contributed by atoms with Crippen LogP contribution in [0, 0.1) is 0 Å². The van der Waals surface area contributed by atoms with E-state index in [1.165, 1.54) is 0 Å². The maximum absolute atomic E-state index is 13.6. The molecule has 1 N–H and O–H groups in total. The molecule has 1 aliphatic heterocycles. The molecule has 3 aromatic rings. The average molecular weight is 442 g/mol. The highest BCUT2D eigenvalue weighted by molar-refractivity contribution is 7.17. The molecule has 2 aromatic heterocycles. The number of hydrogen-bond acceptors (Lipinski definition) is 3. The number of halogens is 1. The van der Waals surface area contributed by atoms with Crippen molar-refractivity contribution in [2.75, 3.05) is 0 Å². The minimum Gasteiger partial charge on any atom is -0.351 e. The molecule has 2 amide bonds. The van der Waals surface area contributed by atoms with Crippen LogP contribution in [0.1, 0.15) is 48.7 Å². The summed E-state index contributed by atoms with van der Waals surface area (Å²) in [5.74, 6) is -0.217. The van der Waals surface area contributed by atoms with Crippen molar-refractivity contribution in [2.45, 2.75) is 57.3 Å². The summed E-state index contributed by atoms with van der Waals surface area (Å²) in [5, 5.41) is 5.85. The van der Waals surface area contributed by atoms with Crippen molar-refractivity contribution in [3.63, 3.8) is 0 Å². The molecule has 0 radical (unpaired) electrons. The van der Waals surface area contributed by atoms with Gasteiger partial charge in [0.05, 0.1) is 16.8 Å². The van der Waals surface area contributed by atoms with Crippen LogP contribution in [0.4, 0.5) is 0 Å². The Kier molecular flexibility index (Phi) is 4.86. The predicted octanol–water partition coefficient (Wildman–Crippen LogP) is 4.83. The van der Waals surface area contributed by atoms with Crippen LogP contribution in [0.2, 0.25) is 5.02 Å². The number of amides is 2. The standard InChI is InChI=1S/C23H24ClN3O2S/c1-23(22(29)25-16-7-3-4-8-16)14-26-18-10-11-30-20(18)12-19(26)21(28)27(23)13-15-6-2-5-9-17(15)24/h2,5-6,9-12,16H,3-4,7-8,13-14H2,1H3,(H,25,29). The van der Waals surface area contributed by atoms with E-state index in [1.807, 2.05) is 53.3 Å². The van der Waals surface area contributed by atoms with Crippen molar-refractivity contribution in [1.82, 2.24) is 14.8 Å². The van der Waals surface area contributed by atoms with E-state index in [2.05, 4.69) is 5.32 Å². The van der Waals surface area contributed by atoms with E-state index in [1.54, 1.807) is 16.2 Å². The number of nitrogens with one attached hydrogen (secondary N) is 1. The number of nitrogens with zero attached hydrogens (tertiary/aromatic N) is 2. The van der Waals surface area contributed by atoms with Gasteiger partial charge >= 0.3 is 0 Å². The third kappa shape index (κ3) is 3.13. The number of carbonyl (C=O) groups is 2. The van der Waals surface area contributed by atoms with E-state index < -0.39 is 5.54 Å². The number of aromatic nitrogens is 1. The molecule has 3 heterocycles. The normalized spacial score (nSPS) is 21.9. The molecule has 1 unspecified atom stereocenters. The van der Waals surface area contributed by atoms with Crippen LogP contribution in [0.15, 0.2) is 41.8 Å². The van der Waals surface area contributed by atoms with Gasteiger partial charge in [0.1, 0.15) is 11.2 Å². The Balaban J connectivity index is 1.57. The zero-order valence-electron chi connectivity index (χ0n) is 16.9. The van der Waals surface area contributed by atoms with Crippen LogP contribution < -0.4 is 5.32 Å². The van der Waals surface area contributed by atoms with E-state index >= 15 is 0 Å². The monoisotopic (exact) mass is 441 g/mol. The molecule has 1 aliphatic carbocycles. The van der Waals surface area contributed by atoms with E-state index in [4.69, 9.17) is 11.6 Å². The molecule has 2 aliphatic rings. The topological polar surface area (TPSA) is 54.3 Å². The molecule has 30 heavy (non-hydrogen) atoms. The van der Waals surface area contributed by atoms with Gasteiger partial charge in [-0.1, -0.05) is 42.6 Å². The van der Waals surface area contributed by atoms with E-state index in [-0.39, 0.29) is 17.9 Å². The first-order valence-corrected chi connectivity index (χ1v) is 11.7. The Hall–Kier alpha value is -2.31. The summed E-state index contributed by atoms with van der Waals surface area (Å²) in [6.07, 6.45) is 4.29. The van der Waals surface area contributed by atoms with Gasteiger partial charge in [-0.05, 0) is 48.9 Å². The maximum Gasteiger partial charge on any atom is 0.271 e. The second-order valence-electron chi connectivity index (χ2n) is 8.50. The minimum absolute atomic E-state index is 0.0856. The molecule has 1 aromatic carbocycles. The van der Waals surface area contributed by atoms with Crippen LogP contribution in [0.5, 0.6) is 0 Å². The van der Waals surface area contributed by atoms with Gasteiger partial charge in [0.25, 0.3) is 5.91 Å². The Labute approximate surface area is 184 Å². The SMILES string of the molecule is CC1(C(=O)NC2CCCC2)Cn2c(cc3sccc32)C(=O)N1Cc1ccccc1Cl. The van der Waals surface area contributed by atoms with Gasteiger partial charge in [-0.25, -0.2) is 0 Å². The lowest BCUT2D eigenvalue weighted by Crippen LogP contribution is -2.64. The molecule has 156 valence electrons. The van der Waals surface area contributed by atoms with E-state index in [0.29, 0.717) is 23.8 Å². The number of hydrogen-bond donors (Lipinski definition) is 1. The molecule has 1 saturated carbocycles. The molecule has 5 nitrogen and oxygen atoms in total. The zero-order chi connectivity index (χ0) is 20.9. The first-order valence-electron chi connectivity index (χ1n) is 10.4. The summed E-state index contributed by atoms with van der Waals surface area (Å²) in [6, 6.07) is 11.7. The molecule has 0 bridgehead atoms. The van der Waals surface area contributed by atoms with Crippen LogP contribution in [0.25, 0.3) is 10.2 Å². The van der Waals surface area contributed by atoms with Crippen LogP contribution in [0.3, 0.4) is 0 Å². The van der Waals surface area contributed by atoms with Gasteiger partial charge < -0.3 is 14.8 Å². The molecule has 1 fully saturated rings. The van der Waals surface area contributed by atoms with Gasteiger partial charge in [-0.2, -0.15) is 0 Å². The third-order valence-electron chi connectivity index (χ3n) is 6.51. The Bertz CT molecular complexity index is 1130. The maximum atomic E-state index is 13.6. The molecular weight excluding hydrogens is 418 g/mol. The zero-order valence-corrected chi connectivity index (χ0v) is 18.4. The lowest BCUT2D eigenvalue weighted by atomic mass is 9.93. The van der Waals surface area contributed by atoms with Crippen molar-refractivity contribution < 1.29 is 9.59 Å². The second kappa shape index (κ2) is 7.43. The highest BCUT2D eigenvalue weighted by Crippen LogP contribution is 2.36. The first kappa shape index (κ1) is 19.6.